The van der Waals surface area contributed by atoms with Crippen molar-refractivity contribution in [3.63, 3.8) is 0 Å². The molecule has 0 bridgehead atoms. The molecule has 0 aliphatic rings. The highest BCUT2D eigenvalue weighted by atomic mass is 16.5. The molecule has 3 N–H and O–H groups in total. The van der Waals surface area contributed by atoms with E-state index in [0.29, 0.717) is 5.75 Å². The van der Waals surface area contributed by atoms with Crippen molar-refractivity contribution in [2.75, 3.05) is 6.61 Å². The van der Waals surface area contributed by atoms with Crippen LogP contribution in [-0.2, 0) is 27.2 Å². The van der Waals surface area contributed by atoms with Crippen LogP contribution in [-0.4, -0.2) is 30.4 Å². The minimum Gasteiger partial charge on any atom is -0.483 e. The van der Waals surface area contributed by atoms with Gasteiger partial charge in [0.15, 0.2) is 6.61 Å². The van der Waals surface area contributed by atoms with Gasteiger partial charge in [0.2, 0.25) is 5.91 Å². The second-order valence-corrected chi connectivity index (χ2v) is 7.24. The van der Waals surface area contributed by atoms with Crippen molar-refractivity contribution >= 4 is 17.7 Å². The molecular formula is C23H29N3O4. The van der Waals surface area contributed by atoms with Crippen LogP contribution in [0.4, 0.5) is 0 Å². The van der Waals surface area contributed by atoms with Gasteiger partial charge in [-0.1, -0.05) is 69.3 Å². The van der Waals surface area contributed by atoms with Gasteiger partial charge in [-0.3, -0.25) is 25.2 Å². The van der Waals surface area contributed by atoms with Gasteiger partial charge < -0.3 is 10.1 Å². The number of hydrogen-bond donors (Lipinski definition) is 3. The average molecular weight is 412 g/mol. The Morgan fingerprint density at radius 3 is 2.23 bits per heavy atom. The molecule has 0 aromatic heterocycles. The maximum atomic E-state index is 12.5. The largest absolute Gasteiger partial charge is 0.483 e. The zero-order chi connectivity index (χ0) is 21.9. The van der Waals surface area contributed by atoms with Gasteiger partial charge in [0.25, 0.3) is 11.8 Å². The fraction of sp³-hybridized carbons (Fsp3) is 0.348. The van der Waals surface area contributed by atoms with Gasteiger partial charge >= 0.3 is 0 Å². The summed E-state index contributed by atoms with van der Waals surface area (Å²) in [5.74, 6) is -0.772. The van der Waals surface area contributed by atoms with Crippen molar-refractivity contribution in [2.45, 2.75) is 39.7 Å². The van der Waals surface area contributed by atoms with E-state index in [4.69, 9.17) is 4.74 Å². The van der Waals surface area contributed by atoms with Crippen molar-refractivity contribution < 1.29 is 19.1 Å². The SMILES string of the molecule is CCc1ccccc1OCC(=O)NNC(=O)[C@@H](NC(=O)Cc1ccccc1)C(C)C. The lowest BCUT2D eigenvalue weighted by Crippen LogP contribution is -2.55. The Kier molecular flexibility index (Phi) is 8.87. The van der Waals surface area contributed by atoms with Crippen LogP contribution in [0.1, 0.15) is 31.9 Å². The van der Waals surface area contributed by atoms with E-state index in [1.807, 2.05) is 69.3 Å². The van der Waals surface area contributed by atoms with E-state index in [1.165, 1.54) is 0 Å². The average Bonchev–Trinajstić information content (AvgIpc) is 2.75. The molecule has 0 aliphatic heterocycles. The molecule has 2 aromatic carbocycles. The number of carbonyl (C=O) groups excluding carboxylic acids is 3. The lowest BCUT2D eigenvalue weighted by Gasteiger charge is -2.22. The second kappa shape index (κ2) is 11.6. The summed E-state index contributed by atoms with van der Waals surface area (Å²) in [6, 6.07) is 16.0. The van der Waals surface area contributed by atoms with Crippen LogP contribution >= 0.6 is 0 Å². The first-order chi connectivity index (χ1) is 14.4. The predicted molar refractivity (Wildman–Crippen MR) is 115 cm³/mol. The van der Waals surface area contributed by atoms with Gasteiger partial charge in [0, 0.05) is 0 Å². The number of nitrogens with one attached hydrogen (secondary N) is 3. The van der Waals surface area contributed by atoms with E-state index in [2.05, 4.69) is 16.2 Å². The summed E-state index contributed by atoms with van der Waals surface area (Å²) in [7, 11) is 0. The van der Waals surface area contributed by atoms with Crippen molar-refractivity contribution in [1.29, 1.82) is 0 Å². The summed E-state index contributed by atoms with van der Waals surface area (Å²) in [6.07, 6.45) is 0.960. The number of aryl methyl sites for hydroxylation is 1. The van der Waals surface area contributed by atoms with Gasteiger partial charge in [0.1, 0.15) is 11.8 Å². The number of ether oxygens (including phenoxy) is 1. The molecule has 0 spiro atoms. The highest BCUT2D eigenvalue weighted by Crippen LogP contribution is 2.17. The maximum absolute atomic E-state index is 12.5. The van der Waals surface area contributed by atoms with E-state index >= 15 is 0 Å². The van der Waals surface area contributed by atoms with Crippen molar-refractivity contribution in [3.8, 4) is 5.75 Å². The number of hydrogen-bond acceptors (Lipinski definition) is 4. The third-order valence-corrected chi connectivity index (χ3v) is 4.51. The maximum Gasteiger partial charge on any atom is 0.276 e. The normalized spacial score (nSPS) is 11.5. The number of rotatable bonds is 9. The third kappa shape index (κ3) is 7.24. The highest BCUT2D eigenvalue weighted by molar-refractivity contribution is 5.90. The van der Waals surface area contributed by atoms with Crippen molar-refractivity contribution in [1.82, 2.24) is 16.2 Å². The molecule has 0 radical (unpaired) electrons. The Hall–Kier alpha value is -3.35. The molecule has 0 unspecified atom stereocenters. The Labute approximate surface area is 177 Å². The zero-order valence-corrected chi connectivity index (χ0v) is 17.6. The molecule has 2 rings (SSSR count). The zero-order valence-electron chi connectivity index (χ0n) is 17.6. The monoisotopic (exact) mass is 411 g/mol. The first-order valence-electron chi connectivity index (χ1n) is 10.0. The summed E-state index contributed by atoms with van der Waals surface area (Å²) in [5, 5.41) is 2.73. The lowest BCUT2D eigenvalue weighted by atomic mass is 10.0. The van der Waals surface area contributed by atoms with Crippen LogP contribution in [0.15, 0.2) is 54.6 Å². The summed E-state index contributed by atoms with van der Waals surface area (Å²) < 4.78 is 5.53. The first kappa shape index (κ1) is 22.9. The van der Waals surface area contributed by atoms with Crippen LogP contribution in [0.2, 0.25) is 0 Å². The Bertz CT molecular complexity index is 853. The molecule has 0 aliphatic carbocycles. The van der Waals surface area contributed by atoms with Gasteiger partial charge in [-0.15, -0.1) is 0 Å². The van der Waals surface area contributed by atoms with E-state index in [1.54, 1.807) is 6.07 Å². The van der Waals surface area contributed by atoms with E-state index in [9.17, 15) is 14.4 Å². The summed E-state index contributed by atoms with van der Waals surface area (Å²) in [4.78, 5) is 36.8. The molecule has 7 nitrogen and oxygen atoms in total. The Morgan fingerprint density at radius 1 is 0.900 bits per heavy atom. The van der Waals surface area contributed by atoms with Crippen LogP contribution < -0.4 is 20.9 Å². The number of amides is 3. The summed E-state index contributed by atoms with van der Waals surface area (Å²) in [5.41, 5.74) is 6.55. The van der Waals surface area contributed by atoms with Gasteiger partial charge in [-0.25, -0.2) is 0 Å². The van der Waals surface area contributed by atoms with Gasteiger partial charge in [0.05, 0.1) is 6.42 Å². The van der Waals surface area contributed by atoms with E-state index < -0.39 is 17.9 Å². The Morgan fingerprint density at radius 2 is 1.57 bits per heavy atom. The molecule has 160 valence electrons. The molecular weight excluding hydrogens is 382 g/mol. The van der Waals surface area contributed by atoms with Crippen LogP contribution in [0.5, 0.6) is 5.75 Å². The lowest BCUT2D eigenvalue weighted by molar-refractivity contribution is -0.133. The van der Waals surface area contributed by atoms with E-state index in [0.717, 1.165) is 17.5 Å². The van der Waals surface area contributed by atoms with Crippen LogP contribution in [0, 0.1) is 5.92 Å². The molecule has 2 aromatic rings. The predicted octanol–water partition coefficient (Wildman–Crippen LogP) is 2.16. The molecule has 0 heterocycles. The highest BCUT2D eigenvalue weighted by Gasteiger charge is 2.24. The molecule has 3 amide bonds. The number of para-hydroxylation sites is 1. The Balaban J connectivity index is 1.82. The summed E-state index contributed by atoms with van der Waals surface area (Å²) in [6.45, 7) is 5.41. The fourth-order valence-corrected chi connectivity index (χ4v) is 2.87. The number of hydrazine groups is 1. The summed E-state index contributed by atoms with van der Waals surface area (Å²) >= 11 is 0. The molecule has 0 fully saturated rings. The second-order valence-electron chi connectivity index (χ2n) is 7.24. The van der Waals surface area contributed by atoms with Gasteiger partial charge in [-0.2, -0.15) is 0 Å². The van der Waals surface area contributed by atoms with Crippen molar-refractivity contribution in [2.24, 2.45) is 5.92 Å². The molecule has 1 atom stereocenters. The van der Waals surface area contributed by atoms with Crippen molar-refractivity contribution in [3.05, 3.63) is 65.7 Å². The molecule has 7 heteroatoms. The van der Waals surface area contributed by atoms with E-state index in [-0.39, 0.29) is 24.9 Å². The number of carbonyl (C=O) groups is 3. The van der Waals surface area contributed by atoms with Crippen LogP contribution in [0.3, 0.4) is 0 Å². The minimum absolute atomic E-state index is 0.158. The number of benzene rings is 2. The third-order valence-electron chi connectivity index (χ3n) is 4.51. The first-order valence-corrected chi connectivity index (χ1v) is 10.0. The van der Waals surface area contributed by atoms with Crippen LogP contribution in [0.25, 0.3) is 0 Å². The fourth-order valence-electron chi connectivity index (χ4n) is 2.87. The molecule has 0 saturated heterocycles. The van der Waals surface area contributed by atoms with Gasteiger partial charge in [-0.05, 0) is 29.5 Å². The quantitative estimate of drug-likeness (QED) is 0.551. The molecule has 30 heavy (non-hydrogen) atoms. The molecule has 0 saturated carbocycles. The smallest absolute Gasteiger partial charge is 0.276 e. The standard InChI is InChI=1S/C23H29N3O4/c1-4-18-12-8-9-13-19(18)30-15-21(28)25-26-23(29)22(16(2)3)24-20(27)14-17-10-6-5-7-11-17/h5-13,16,22H,4,14-15H2,1-3H3,(H,24,27)(H,25,28)(H,26,29)/t22-/m0/s1. The topological polar surface area (TPSA) is 96.5 Å². The minimum atomic E-state index is -0.775.